The van der Waals surface area contributed by atoms with Crippen LogP contribution in [0.15, 0.2) is 24.3 Å². The number of carbonyl (C=O) groups is 2. The molecule has 1 aromatic carbocycles. The molecule has 0 saturated heterocycles. The third kappa shape index (κ3) is 3.33. The van der Waals surface area contributed by atoms with Gasteiger partial charge in [-0.15, -0.1) is 5.10 Å². The number of aromatic nitrogens is 3. The number of carboxylic acid groups (broad SMARTS) is 1. The molecule has 0 unspecified atom stereocenters. The topological polar surface area (TPSA) is 106 Å². The molecule has 1 aliphatic rings. The van der Waals surface area contributed by atoms with Crippen molar-refractivity contribution < 1.29 is 19.4 Å². The van der Waals surface area contributed by atoms with Crippen molar-refractivity contribution in [3.63, 3.8) is 0 Å². The quantitative estimate of drug-likeness (QED) is 0.826. The molecule has 1 aromatic heterocycles. The van der Waals surface area contributed by atoms with E-state index in [4.69, 9.17) is 4.74 Å². The summed E-state index contributed by atoms with van der Waals surface area (Å²) in [4.78, 5) is 23.5. The van der Waals surface area contributed by atoms with Crippen molar-refractivity contribution in [2.24, 2.45) is 0 Å². The van der Waals surface area contributed by atoms with Crippen LogP contribution in [0.2, 0.25) is 0 Å². The first-order valence-corrected chi connectivity index (χ1v) is 8.08. The minimum absolute atomic E-state index is 0.0817. The number of amides is 1. The van der Waals surface area contributed by atoms with Gasteiger partial charge in [0.1, 0.15) is 11.3 Å². The number of carboxylic acids is 1. The first-order chi connectivity index (χ1) is 11.8. The van der Waals surface area contributed by atoms with E-state index in [2.05, 4.69) is 15.6 Å². The second-order valence-corrected chi connectivity index (χ2v) is 6.44. The van der Waals surface area contributed by atoms with Crippen LogP contribution in [-0.4, -0.2) is 43.6 Å². The molecule has 0 spiro atoms. The van der Waals surface area contributed by atoms with E-state index in [0.29, 0.717) is 18.5 Å². The smallest absolute Gasteiger partial charge is 0.329 e. The molecule has 0 bridgehead atoms. The molecule has 2 aromatic rings. The molecule has 3 rings (SSSR count). The fourth-order valence-corrected chi connectivity index (χ4v) is 2.52. The molecule has 1 amide bonds. The first kappa shape index (κ1) is 16.9. The highest BCUT2D eigenvalue weighted by Gasteiger charge is 2.52. The molecule has 1 saturated carbocycles. The second kappa shape index (κ2) is 6.19. The normalized spacial score (nSPS) is 15.0. The van der Waals surface area contributed by atoms with Gasteiger partial charge in [-0.3, -0.25) is 4.79 Å². The summed E-state index contributed by atoms with van der Waals surface area (Å²) in [7, 11) is 0. The van der Waals surface area contributed by atoms with Gasteiger partial charge < -0.3 is 15.2 Å². The summed E-state index contributed by atoms with van der Waals surface area (Å²) in [5.74, 6) is -0.804. The predicted octanol–water partition coefficient (Wildman–Crippen LogP) is 1.71. The van der Waals surface area contributed by atoms with Crippen molar-refractivity contribution in [1.82, 2.24) is 20.3 Å². The molecule has 2 N–H and O–H groups in total. The number of carbonyl (C=O) groups excluding carboxylic acids is 1. The number of ether oxygens (including phenoxy) is 1. The maximum Gasteiger partial charge on any atom is 0.329 e. The number of nitrogens with one attached hydrogen (secondary N) is 1. The molecular weight excluding hydrogens is 324 g/mol. The van der Waals surface area contributed by atoms with E-state index in [9.17, 15) is 14.7 Å². The van der Waals surface area contributed by atoms with Gasteiger partial charge in [0.2, 0.25) is 0 Å². The zero-order valence-corrected chi connectivity index (χ0v) is 14.3. The summed E-state index contributed by atoms with van der Waals surface area (Å²) < 4.78 is 7.13. The average Bonchev–Trinajstić information content (AvgIpc) is 3.23. The van der Waals surface area contributed by atoms with Gasteiger partial charge in [-0.05, 0) is 57.9 Å². The molecule has 25 heavy (non-hydrogen) atoms. The van der Waals surface area contributed by atoms with E-state index in [1.807, 2.05) is 38.1 Å². The van der Waals surface area contributed by atoms with Crippen molar-refractivity contribution in [2.75, 3.05) is 0 Å². The van der Waals surface area contributed by atoms with Gasteiger partial charge in [-0.1, -0.05) is 5.21 Å². The number of hydrogen-bond acceptors (Lipinski definition) is 5. The van der Waals surface area contributed by atoms with Gasteiger partial charge in [0.15, 0.2) is 5.69 Å². The van der Waals surface area contributed by atoms with E-state index in [1.54, 1.807) is 6.92 Å². The van der Waals surface area contributed by atoms with E-state index in [0.717, 1.165) is 11.4 Å². The molecule has 0 radical (unpaired) electrons. The highest BCUT2D eigenvalue weighted by atomic mass is 16.5. The highest BCUT2D eigenvalue weighted by Crippen LogP contribution is 2.35. The highest BCUT2D eigenvalue weighted by molar-refractivity contribution is 5.98. The average molecular weight is 344 g/mol. The van der Waals surface area contributed by atoms with Crippen LogP contribution >= 0.6 is 0 Å². The Hall–Kier alpha value is -2.90. The molecule has 1 fully saturated rings. The van der Waals surface area contributed by atoms with Gasteiger partial charge >= 0.3 is 5.97 Å². The number of nitrogens with zero attached hydrogens (tertiary/aromatic N) is 3. The molecule has 8 heteroatoms. The Balaban J connectivity index is 1.79. The Morgan fingerprint density at radius 3 is 2.44 bits per heavy atom. The van der Waals surface area contributed by atoms with Crippen LogP contribution in [0, 0.1) is 6.92 Å². The largest absolute Gasteiger partial charge is 0.491 e. The van der Waals surface area contributed by atoms with Crippen LogP contribution < -0.4 is 10.1 Å². The number of aliphatic carboxylic acids is 1. The van der Waals surface area contributed by atoms with Crippen molar-refractivity contribution >= 4 is 11.9 Å². The Morgan fingerprint density at radius 2 is 1.92 bits per heavy atom. The van der Waals surface area contributed by atoms with Crippen LogP contribution in [0.5, 0.6) is 5.75 Å². The van der Waals surface area contributed by atoms with Gasteiger partial charge in [-0.2, -0.15) is 0 Å². The Bertz CT molecular complexity index is 807. The predicted molar refractivity (Wildman–Crippen MR) is 88.9 cm³/mol. The monoisotopic (exact) mass is 344 g/mol. The third-order valence-corrected chi connectivity index (χ3v) is 4.07. The van der Waals surface area contributed by atoms with Crippen LogP contribution in [0.3, 0.4) is 0 Å². The molecule has 8 nitrogen and oxygen atoms in total. The SMILES string of the molecule is Cc1c(C(=O)NC2(C(=O)O)CC2)nnn1-c1ccc(OC(C)C)cc1. The lowest BCUT2D eigenvalue weighted by Gasteiger charge is -2.12. The minimum atomic E-state index is -1.15. The van der Waals surface area contributed by atoms with Crippen molar-refractivity contribution in [1.29, 1.82) is 0 Å². The van der Waals surface area contributed by atoms with E-state index in [1.165, 1.54) is 4.68 Å². The molecule has 0 atom stereocenters. The standard InChI is InChI=1S/C17H20N4O4/c1-10(2)25-13-6-4-12(5-7-13)21-11(3)14(19-20-21)15(22)18-17(8-9-17)16(23)24/h4-7,10H,8-9H2,1-3H3,(H,18,22)(H,23,24). The van der Waals surface area contributed by atoms with Crippen molar-refractivity contribution in [3.05, 3.63) is 35.7 Å². The van der Waals surface area contributed by atoms with Crippen LogP contribution in [0.4, 0.5) is 0 Å². The molecular formula is C17H20N4O4. The summed E-state index contributed by atoms with van der Waals surface area (Å²) in [6, 6.07) is 7.28. The van der Waals surface area contributed by atoms with Crippen LogP contribution in [0.1, 0.15) is 42.9 Å². The lowest BCUT2D eigenvalue weighted by atomic mass is 10.2. The van der Waals surface area contributed by atoms with E-state index < -0.39 is 17.4 Å². The number of rotatable bonds is 6. The fourth-order valence-electron chi connectivity index (χ4n) is 2.52. The lowest BCUT2D eigenvalue weighted by molar-refractivity contribution is -0.140. The van der Waals surface area contributed by atoms with Crippen LogP contribution in [-0.2, 0) is 4.79 Å². The zero-order chi connectivity index (χ0) is 18.2. The Kier molecular flexibility index (Phi) is 4.20. The molecule has 0 aliphatic heterocycles. The summed E-state index contributed by atoms with van der Waals surface area (Å²) in [6.45, 7) is 5.61. The maximum absolute atomic E-state index is 12.3. The van der Waals surface area contributed by atoms with Gasteiger partial charge in [-0.25, -0.2) is 9.48 Å². The maximum atomic E-state index is 12.3. The van der Waals surface area contributed by atoms with Gasteiger partial charge in [0.05, 0.1) is 17.5 Å². The summed E-state index contributed by atoms with van der Waals surface area (Å²) in [5, 5.41) is 19.6. The third-order valence-electron chi connectivity index (χ3n) is 4.07. The van der Waals surface area contributed by atoms with Crippen LogP contribution in [0.25, 0.3) is 5.69 Å². The molecule has 132 valence electrons. The summed E-state index contributed by atoms with van der Waals surface area (Å²) >= 11 is 0. The van der Waals surface area contributed by atoms with Gasteiger partial charge in [0, 0.05) is 0 Å². The zero-order valence-electron chi connectivity index (χ0n) is 14.3. The van der Waals surface area contributed by atoms with Gasteiger partial charge in [0.25, 0.3) is 5.91 Å². The number of hydrogen-bond donors (Lipinski definition) is 2. The molecule has 1 aliphatic carbocycles. The fraction of sp³-hybridized carbons (Fsp3) is 0.412. The van der Waals surface area contributed by atoms with E-state index >= 15 is 0 Å². The lowest BCUT2D eigenvalue weighted by Crippen LogP contribution is -2.43. The second-order valence-electron chi connectivity index (χ2n) is 6.44. The number of benzene rings is 1. The van der Waals surface area contributed by atoms with Crippen molar-refractivity contribution in [2.45, 2.75) is 45.3 Å². The first-order valence-electron chi connectivity index (χ1n) is 8.08. The van der Waals surface area contributed by atoms with Crippen molar-refractivity contribution in [3.8, 4) is 11.4 Å². The minimum Gasteiger partial charge on any atom is -0.491 e. The Labute approximate surface area is 144 Å². The summed E-state index contributed by atoms with van der Waals surface area (Å²) in [5.41, 5.74) is 0.245. The molecule has 1 heterocycles. The Morgan fingerprint density at radius 1 is 1.28 bits per heavy atom. The summed E-state index contributed by atoms with van der Waals surface area (Å²) in [6.07, 6.45) is 0.940. The van der Waals surface area contributed by atoms with E-state index in [-0.39, 0.29) is 11.8 Å².